The lowest BCUT2D eigenvalue weighted by molar-refractivity contribution is 0.0992. The molecule has 3 amide bonds. The molecule has 0 saturated carbocycles. The summed E-state index contributed by atoms with van der Waals surface area (Å²) in [5, 5.41) is 8.30. The average molecular weight is 469 g/mol. The highest BCUT2D eigenvalue weighted by Crippen LogP contribution is 2.18. The first-order chi connectivity index (χ1) is 17.0. The smallest absolute Gasteiger partial charge is 0.291 e. The maximum atomic E-state index is 12.7. The first kappa shape index (κ1) is 23.3. The van der Waals surface area contributed by atoms with Crippen LogP contribution in [0.1, 0.15) is 38.2 Å². The lowest BCUT2D eigenvalue weighted by Gasteiger charge is -2.09. The van der Waals surface area contributed by atoms with E-state index in [0.29, 0.717) is 34.8 Å². The molecular formula is C27H23N3O5. The molecule has 3 aromatic carbocycles. The summed E-state index contributed by atoms with van der Waals surface area (Å²) in [5.41, 5.74) is 2.44. The third-order valence-electron chi connectivity index (χ3n) is 4.96. The van der Waals surface area contributed by atoms with Crippen molar-refractivity contribution in [3.63, 3.8) is 0 Å². The standard InChI is InChI=1S/C27H23N3O5/c1-2-34-23-14-12-21(13-15-23)28-25(31)18-8-10-20(11-9-18)29-26(32)19-5-3-6-22(17-19)30-27(33)24-7-4-16-35-24/h3-17H,2H2,1H3,(H,28,31)(H,29,32)(H,30,33). The van der Waals surface area contributed by atoms with Gasteiger partial charge in [0.05, 0.1) is 12.9 Å². The molecule has 1 aromatic heterocycles. The van der Waals surface area contributed by atoms with Crippen molar-refractivity contribution in [3.05, 3.63) is 108 Å². The van der Waals surface area contributed by atoms with Crippen molar-refractivity contribution >= 4 is 34.8 Å². The summed E-state index contributed by atoms with van der Waals surface area (Å²) in [6.07, 6.45) is 1.41. The zero-order chi connectivity index (χ0) is 24.6. The number of carbonyl (C=O) groups is 3. The normalized spacial score (nSPS) is 10.3. The number of nitrogens with one attached hydrogen (secondary N) is 3. The fourth-order valence-electron chi connectivity index (χ4n) is 3.25. The number of rotatable bonds is 8. The minimum Gasteiger partial charge on any atom is -0.494 e. The summed E-state index contributed by atoms with van der Waals surface area (Å²) in [6.45, 7) is 2.48. The molecule has 1 heterocycles. The van der Waals surface area contributed by atoms with Gasteiger partial charge in [0.1, 0.15) is 5.75 Å². The van der Waals surface area contributed by atoms with Crippen molar-refractivity contribution < 1.29 is 23.5 Å². The van der Waals surface area contributed by atoms with Crippen LogP contribution >= 0.6 is 0 Å². The molecule has 0 bridgehead atoms. The number of ether oxygens (including phenoxy) is 1. The molecule has 0 fully saturated rings. The largest absolute Gasteiger partial charge is 0.494 e. The molecule has 0 aliphatic rings. The van der Waals surface area contributed by atoms with E-state index in [1.807, 2.05) is 6.92 Å². The molecule has 176 valence electrons. The zero-order valence-electron chi connectivity index (χ0n) is 18.9. The summed E-state index contributed by atoms with van der Waals surface area (Å²) in [6, 6.07) is 23.4. The van der Waals surface area contributed by atoms with Gasteiger partial charge in [-0.25, -0.2) is 0 Å². The van der Waals surface area contributed by atoms with E-state index < -0.39 is 5.91 Å². The number of hydrogen-bond acceptors (Lipinski definition) is 5. The number of amides is 3. The van der Waals surface area contributed by atoms with Gasteiger partial charge in [0.15, 0.2) is 5.76 Å². The van der Waals surface area contributed by atoms with Crippen LogP contribution in [0.25, 0.3) is 0 Å². The van der Waals surface area contributed by atoms with Gasteiger partial charge in [0.2, 0.25) is 0 Å². The highest BCUT2D eigenvalue weighted by molar-refractivity contribution is 6.07. The molecule has 8 heteroatoms. The van der Waals surface area contributed by atoms with Gasteiger partial charge in [-0.05, 0) is 85.8 Å². The molecule has 4 rings (SSSR count). The fraction of sp³-hybridized carbons (Fsp3) is 0.0741. The van der Waals surface area contributed by atoms with Gasteiger partial charge in [0.25, 0.3) is 17.7 Å². The second-order valence-corrected chi connectivity index (χ2v) is 7.46. The molecule has 4 aromatic rings. The van der Waals surface area contributed by atoms with Gasteiger partial charge in [0, 0.05) is 28.2 Å². The maximum absolute atomic E-state index is 12.7. The number of anilines is 3. The second kappa shape index (κ2) is 10.8. The molecule has 3 N–H and O–H groups in total. The molecule has 0 unspecified atom stereocenters. The van der Waals surface area contributed by atoms with Crippen LogP contribution < -0.4 is 20.7 Å². The summed E-state index contributed by atoms with van der Waals surface area (Å²) in [4.78, 5) is 37.3. The van der Waals surface area contributed by atoms with E-state index in [2.05, 4.69) is 16.0 Å². The van der Waals surface area contributed by atoms with Crippen LogP contribution in [-0.4, -0.2) is 24.3 Å². The Bertz CT molecular complexity index is 1310. The predicted octanol–water partition coefficient (Wildman–Crippen LogP) is 5.44. The minimum absolute atomic E-state index is 0.173. The van der Waals surface area contributed by atoms with Crippen molar-refractivity contribution in [2.24, 2.45) is 0 Å². The van der Waals surface area contributed by atoms with Gasteiger partial charge in [-0.2, -0.15) is 0 Å². The Labute approximate surface area is 201 Å². The van der Waals surface area contributed by atoms with Crippen LogP contribution in [-0.2, 0) is 0 Å². The number of carbonyl (C=O) groups excluding carboxylic acids is 3. The molecule has 0 spiro atoms. The molecule has 0 aliphatic heterocycles. The van der Waals surface area contributed by atoms with Gasteiger partial charge in [-0.3, -0.25) is 14.4 Å². The number of furan rings is 1. The monoisotopic (exact) mass is 469 g/mol. The van der Waals surface area contributed by atoms with Crippen LogP contribution in [0, 0.1) is 0 Å². The zero-order valence-corrected chi connectivity index (χ0v) is 18.9. The van der Waals surface area contributed by atoms with Crippen molar-refractivity contribution in [2.45, 2.75) is 6.92 Å². The van der Waals surface area contributed by atoms with E-state index in [-0.39, 0.29) is 17.6 Å². The van der Waals surface area contributed by atoms with E-state index >= 15 is 0 Å². The van der Waals surface area contributed by atoms with Crippen LogP contribution in [0.15, 0.2) is 95.6 Å². The van der Waals surface area contributed by atoms with E-state index in [1.54, 1.807) is 84.9 Å². The Morgan fingerprint density at radius 1 is 0.686 bits per heavy atom. The Balaban J connectivity index is 1.35. The molecule has 0 saturated heterocycles. The summed E-state index contributed by atoms with van der Waals surface area (Å²) in [5.74, 6) is -0.132. The molecule has 0 aliphatic carbocycles. The highest BCUT2D eigenvalue weighted by atomic mass is 16.5. The SMILES string of the molecule is CCOc1ccc(NC(=O)c2ccc(NC(=O)c3cccc(NC(=O)c4ccco4)c3)cc2)cc1. The number of benzene rings is 3. The first-order valence-corrected chi connectivity index (χ1v) is 10.9. The third-order valence-corrected chi connectivity index (χ3v) is 4.96. The van der Waals surface area contributed by atoms with E-state index in [4.69, 9.17) is 9.15 Å². The molecule has 35 heavy (non-hydrogen) atoms. The lowest BCUT2D eigenvalue weighted by atomic mass is 10.1. The quantitative estimate of drug-likeness (QED) is 0.319. The Morgan fingerprint density at radius 3 is 1.94 bits per heavy atom. The summed E-state index contributed by atoms with van der Waals surface area (Å²) in [7, 11) is 0. The third kappa shape index (κ3) is 6.14. The first-order valence-electron chi connectivity index (χ1n) is 10.9. The van der Waals surface area contributed by atoms with Crippen LogP contribution in [0.4, 0.5) is 17.1 Å². The molecular weight excluding hydrogens is 446 g/mol. The second-order valence-electron chi connectivity index (χ2n) is 7.46. The van der Waals surface area contributed by atoms with Gasteiger partial charge < -0.3 is 25.1 Å². The van der Waals surface area contributed by atoms with Crippen LogP contribution in [0.5, 0.6) is 5.75 Å². The highest BCUT2D eigenvalue weighted by Gasteiger charge is 2.12. The summed E-state index contributed by atoms with van der Waals surface area (Å²) >= 11 is 0. The molecule has 8 nitrogen and oxygen atoms in total. The Morgan fingerprint density at radius 2 is 1.31 bits per heavy atom. The van der Waals surface area contributed by atoms with Gasteiger partial charge in [-0.15, -0.1) is 0 Å². The average Bonchev–Trinajstić information content (AvgIpc) is 3.41. The maximum Gasteiger partial charge on any atom is 0.291 e. The molecule has 0 radical (unpaired) electrons. The Hall–Kier alpha value is -4.85. The Kier molecular flexibility index (Phi) is 7.22. The van der Waals surface area contributed by atoms with Gasteiger partial charge in [-0.1, -0.05) is 6.07 Å². The van der Waals surface area contributed by atoms with Crippen LogP contribution in [0.2, 0.25) is 0 Å². The van der Waals surface area contributed by atoms with Crippen molar-refractivity contribution in [1.29, 1.82) is 0 Å². The van der Waals surface area contributed by atoms with Crippen molar-refractivity contribution in [1.82, 2.24) is 0 Å². The van der Waals surface area contributed by atoms with Crippen molar-refractivity contribution in [3.8, 4) is 5.75 Å². The summed E-state index contributed by atoms with van der Waals surface area (Å²) < 4.78 is 10.5. The van der Waals surface area contributed by atoms with E-state index in [1.165, 1.54) is 6.26 Å². The topological polar surface area (TPSA) is 110 Å². The minimum atomic E-state index is -0.411. The molecule has 0 atom stereocenters. The number of hydrogen-bond donors (Lipinski definition) is 3. The van der Waals surface area contributed by atoms with Crippen molar-refractivity contribution in [2.75, 3.05) is 22.6 Å². The van der Waals surface area contributed by atoms with Crippen LogP contribution in [0.3, 0.4) is 0 Å². The lowest BCUT2D eigenvalue weighted by Crippen LogP contribution is -2.15. The fourth-order valence-corrected chi connectivity index (χ4v) is 3.25. The predicted molar refractivity (Wildman–Crippen MR) is 133 cm³/mol. The van der Waals surface area contributed by atoms with E-state index in [0.717, 1.165) is 5.75 Å². The van der Waals surface area contributed by atoms with Gasteiger partial charge >= 0.3 is 0 Å². The van der Waals surface area contributed by atoms with E-state index in [9.17, 15) is 14.4 Å².